The van der Waals surface area contributed by atoms with Gasteiger partial charge in [0.1, 0.15) is 5.69 Å². The molecule has 0 aliphatic carbocycles. The zero-order valence-corrected chi connectivity index (χ0v) is 18.3. The number of halogens is 3. The lowest BCUT2D eigenvalue weighted by Gasteiger charge is -2.19. The number of benzene rings is 2. The molecule has 2 aromatic carbocycles. The monoisotopic (exact) mass is 470 g/mol. The van der Waals surface area contributed by atoms with E-state index in [2.05, 4.69) is 15.3 Å². The fourth-order valence-electron chi connectivity index (χ4n) is 3.38. The summed E-state index contributed by atoms with van der Waals surface area (Å²) in [6.07, 6.45) is -4.68. The van der Waals surface area contributed by atoms with Crippen LogP contribution in [-0.4, -0.2) is 43.9 Å². The van der Waals surface area contributed by atoms with Gasteiger partial charge in [0.15, 0.2) is 5.69 Å². The van der Waals surface area contributed by atoms with Gasteiger partial charge in [-0.15, -0.1) is 10.2 Å². The summed E-state index contributed by atoms with van der Waals surface area (Å²) in [7, 11) is 1.60. The molecule has 2 heterocycles. The van der Waals surface area contributed by atoms with Crippen molar-refractivity contribution in [1.82, 2.24) is 24.9 Å². The number of amides is 1. The van der Waals surface area contributed by atoms with Crippen molar-refractivity contribution in [3.05, 3.63) is 71.9 Å². The summed E-state index contributed by atoms with van der Waals surface area (Å²) in [6, 6.07) is 15.7. The first-order valence-electron chi connectivity index (χ1n) is 10.3. The van der Waals surface area contributed by atoms with E-state index in [4.69, 9.17) is 10.2 Å². The number of carbonyl (C=O) groups excluding carboxylic acids is 1. The Hall–Kier alpha value is -3.99. The molecule has 0 fully saturated rings. The second-order valence-corrected chi connectivity index (χ2v) is 7.76. The second-order valence-electron chi connectivity index (χ2n) is 7.76. The zero-order chi connectivity index (χ0) is 24.5. The van der Waals surface area contributed by atoms with Gasteiger partial charge in [0, 0.05) is 25.2 Å². The van der Waals surface area contributed by atoms with Crippen LogP contribution in [0.1, 0.15) is 18.2 Å². The molecule has 4 aromatic rings. The molecule has 8 nitrogen and oxygen atoms in total. The minimum Gasteiger partial charge on any atom is -0.415 e. The number of nitrogens with two attached hydrogens (primary N) is 1. The highest BCUT2D eigenvalue weighted by Gasteiger charge is 2.36. The van der Waals surface area contributed by atoms with Gasteiger partial charge in [-0.05, 0) is 36.8 Å². The van der Waals surface area contributed by atoms with Crippen LogP contribution in [-0.2, 0) is 17.5 Å². The standard InChI is InChI=1S/C23H21F3N6O2/c1-14(27)22(33)31(2)13-15-7-6-10-17(11-15)32-18(12-19(30-32)23(24,25)26)21-29-28-20(34-21)16-8-4-3-5-9-16/h3-12,14H,13,27H2,1-2H3/t14-/m0/s1. The third-order valence-corrected chi connectivity index (χ3v) is 5.01. The molecule has 0 aliphatic heterocycles. The molecule has 0 radical (unpaired) electrons. The molecule has 176 valence electrons. The maximum Gasteiger partial charge on any atom is 0.435 e. The van der Waals surface area contributed by atoms with E-state index >= 15 is 0 Å². The molecule has 4 rings (SSSR count). The molecule has 0 saturated carbocycles. The number of aromatic nitrogens is 4. The summed E-state index contributed by atoms with van der Waals surface area (Å²) in [5, 5.41) is 11.7. The van der Waals surface area contributed by atoms with E-state index in [1.165, 1.54) is 4.90 Å². The van der Waals surface area contributed by atoms with E-state index < -0.39 is 17.9 Å². The fourth-order valence-corrected chi connectivity index (χ4v) is 3.38. The Bertz CT molecular complexity index is 1300. The molecular formula is C23H21F3N6O2. The number of hydrogen-bond donors (Lipinski definition) is 1. The first-order valence-corrected chi connectivity index (χ1v) is 10.3. The van der Waals surface area contributed by atoms with E-state index in [9.17, 15) is 18.0 Å². The van der Waals surface area contributed by atoms with Gasteiger partial charge in [-0.2, -0.15) is 18.3 Å². The van der Waals surface area contributed by atoms with Gasteiger partial charge in [0.25, 0.3) is 5.89 Å². The Morgan fingerprint density at radius 2 is 1.79 bits per heavy atom. The van der Waals surface area contributed by atoms with Gasteiger partial charge in [-0.3, -0.25) is 4.79 Å². The van der Waals surface area contributed by atoms with Gasteiger partial charge >= 0.3 is 6.18 Å². The highest BCUT2D eigenvalue weighted by molar-refractivity contribution is 5.80. The summed E-state index contributed by atoms with van der Waals surface area (Å²) in [4.78, 5) is 13.5. The summed E-state index contributed by atoms with van der Waals surface area (Å²) in [5.41, 5.74) is 6.18. The van der Waals surface area contributed by atoms with Gasteiger partial charge in [-0.1, -0.05) is 30.3 Å². The zero-order valence-electron chi connectivity index (χ0n) is 18.3. The lowest BCUT2D eigenvalue weighted by molar-refractivity contribution is -0.141. The van der Waals surface area contributed by atoms with Crippen molar-refractivity contribution in [1.29, 1.82) is 0 Å². The molecular weight excluding hydrogens is 449 g/mol. The van der Waals surface area contributed by atoms with Crippen molar-refractivity contribution in [2.45, 2.75) is 25.7 Å². The van der Waals surface area contributed by atoms with Crippen LogP contribution in [0.15, 0.2) is 65.1 Å². The van der Waals surface area contributed by atoms with Crippen molar-refractivity contribution in [3.63, 3.8) is 0 Å². The van der Waals surface area contributed by atoms with E-state index in [1.54, 1.807) is 62.5 Å². The normalized spacial score (nSPS) is 12.5. The molecule has 11 heteroatoms. The first-order chi connectivity index (χ1) is 16.1. The van der Waals surface area contributed by atoms with Crippen molar-refractivity contribution in [2.24, 2.45) is 5.73 Å². The van der Waals surface area contributed by atoms with E-state index in [1.807, 2.05) is 6.07 Å². The minimum atomic E-state index is -4.68. The lowest BCUT2D eigenvalue weighted by Crippen LogP contribution is -2.39. The third kappa shape index (κ3) is 4.84. The van der Waals surface area contributed by atoms with Crippen molar-refractivity contribution in [2.75, 3.05) is 7.05 Å². The predicted octanol–water partition coefficient (Wildman–Crippen LogP) is 3.91. The Morgan fingerprint density at radius 3 is 2.47 bits per heavy atom. The summed E-state index contributed by atoms with van der Waals surface area (Å²) >= 11 is 0. The summed E-state index contributed by atoms with van der Waals surface area (Å²) in [5.74, 6) is -0.206. The topological polar surface area (TPSA) is 103 Å². The Kier molecular flexibility index (Phi) is 6.20. The number of likely N-dealkylation sites (N-methyl/N-ethyl adjacent to an activating group) is 1. The highest BCUT2D eigenvalue weighted by atomic mass is 19.4. The summed E-state index contributed by atoms with van der Waals surface area (Å²) < 4.78 is 47.3. The molecule has 0 aliphatic rings. The smallest absolute Gasteiger partial charge is 0.415 e. The number of carbonyl (C=O) groups is 1. The molecule has 0 saturated heterocycles. The van der Waals surface area contributed by atoms with Gasteiger partial charge in [0.2, 0.25) is 11.8 Å². The molecule has 2 N–H and O–H groups in total. The van der Waals surface area contributed by atoms with Crippen LogP contribution in [0, 0.1) is 0 Å². The first kappa shape index (κ1) is 23.2. The number of alkyl halides is 3. The Labute approximate surface area is 192 Å². The molecule has 0 spiro atoms. The van der Waals surface area contributed by atoms with Crippen LogP contribution < -0.4 is 5.73 Å². The number of nitrogens with zero attached hydrogens (tertiary/aromatic N) is 5. The Morgan fingerprint density at radius 1 is 1.09 bits per heavy atom. The van der Waals surface area contributed by atoms with Crippen LogP contribution in [0.5, 0.6) is 0 Å². The van der Waals surface area contributed by atoms with Gasteiger partial charge < -0.3 is 15.1 Å². The highest BCUT2D eigenvalue weighted by Crippen LogP contribution is 2.33. The third-order valence-electron chi connectivity index (χ3n) is 5.01. The molecule has 1 atom stereocenters. The van der Waals surface area contributed by atoms with Crippen LogP contribution >= 0.6 is 0 Å². The maximum absolute atomic E-state index is 13.5. The SMILES string of the molecule is C[C@H](N)C(=O)N(C)Cc1cccc(-n2nc(C(F)(F)F)cc2-c2nnc(-c3ccccc3)o2)c1. The van der Waals surface area contributed by atoms with Crippen molar-refractivity contribution in [3.8, 4) is 28.7 Å². The fraction of sp³-hybridized carbons (Fsp3) is 0.217. The average molecular weight is 470 g/mol. The molecule has 34 heavy (non-hydrogen) atoms. The van der Waals surface area contributed by atoms with Crippen molar-refractivity contribution < 1.29 is 22.4 Å². The lowest BCUT2D eigenvalue weighted by atomic mass is 10.1. The van der Waals surface area contributed by atoms with Crippen LogP contribution in [0.2, 0.25) is 0 Å². The quantitative estimate of drug-likeness (QED) is 0.458. The summed E-state index contributed by atoms with van der Waals surface area (Å²) in [6.45, 7) is 1.80. The number of rotatable bonds is 6. The number of hydrogen-bond acceptors (Lipinski definition) is 6. The average Bonchev–Trinajstić information content (AvgIpc) is 3.46. The van der Waals surface area contributed by atoms with Gasteiger partial charge in [-0.25, -0.2) is 4.68 Å². The van der Waals surface area contributed by atoms with Crippen LogP contribution in [0.25, 0.3) is 28.7 Å². The molecule has 0 bridgehead atoms. The minimum absolute atomic E-state index is 0.0147. The van der Waals surface area contributed by atoms with E-state index in [-0.39, 0.29) is 29.9 Å². The second kappa shape index (κ2) is 9.10. The molecule has 2 aromatic heterocycles. The predicted molar refractivity (Wildman–Crippen MR) is 117 cm³/mol. The van der Waals surface area contributed by atoms with Crippen LogP contribution in [0.4, 0.5) is 13.2 Å². The van der Waals surface area contributed by atoms with Crippen molar-refractivity contribution >= 4 is 5.91 Å². The van der Waals surface area contributed by atoms with E-state index in [0.717, 1.165) is 10.7 Å². The van der Waals surface area contributed by atoms with Gasteiger partial charge in [0.05, 0.1) is 11.7 Å². The molecule has 1 amide bonds. The van der Waals surface area contributed by atoms with E-state index in [0.29, 0.717) is 16.8 Å². The largest absolute Gasteiger partial charge is 0.435 e. The maximum atomic E-state index is 13.5. The van der Waals surface area contributed by atoms with Crippen LogP contribution in [0.3, 0.4) is 0 Å². The molecule has 0 unspecified atom stereocenters. The Balaban J connectivity index is 1.74.